The summed E-state index contributed by atoms with van der Waals surface area (Å²) in [4.78, 5) is 106. The second-order valence-electron chi connectivity index (χ2n) is 10.8. The lowest BCUT2D eigenvalue weighted by molar-refractivity contribution is -0.154. The summed E-state index contributed by atoms with van der Waals surface area (Å²) in [5.74, 6) is -19.3. The van der Waals surface area contributed by atoms with Gasteiger partial charge in [0.1, 0.15) is 29.5 Å². The van der Waals surface area contributed by atoms with Gasteiger partial charge in [0.05, 0.1) is 36.6 Å². The van der Waals surface area contributed by atoms with Gasteiger partial charge in [-0.3, -0.25) is 38.4 Å². The SMILES string of the molecule is C.C.CC(=O)C(C(=O)NC(C)N)C(C(=O)NC(C)N)C(=O)C(C)C(=O)C(C(=O)NC(C)N)C(C(=O)NC(C)N)C(=O)C(C)N.CCN.[HH].[HH].[HH]. The Bertz CT molecular complexity index is 1100. The largest absolute Gasteiger partial charge is 0.341 e. The van der Waals surface area contributed by atoms with Crippen LogP contribution in [0.25, 0.3) is 0 Å². The van der Waals surface area contributed by atoms with E-state index in [-0.39, 0.29) is 19.1 Å². The lowest BCUT2D eigenvalue weighted by Crippen LogP contribution is -2.58. The number of hydrogen-bond donors (Lipinski definition) is 10. The maximum Gasteiger partial charge on any atom is 0.233 e. The van der Waals surface area contributed by atoms with E-state index >= 15 is 0 Å². The van der Waals surface area contributed by atoms with E-state index in [0.29, 0.717) is 0 Å². The van der Waals surface area contributed by atoms with E-state index in [1.54, 1.807) is 0 Å². The highest BCUT2D eigenvalue weighted by atomic mass is 16.2. The zero-order valence-corrected chi connectivity index (χ0v) is 27.2. The van der Waals surface area contributed by atoms with Crippen LogP contribution in [0.4, 0.5) is 0 Å². The third-order valence-electron chi connectivity index (χ3n) is 5.94. The fourth-order valence-electron chi connectivity index (χ4n) is 4.12. The van der Waals surface area contributed by atoms with Crippen molar-refractivity contribution < 1.29 is 42.6 Å². The lowest BCUT2D eigenvalue weighted by atomic mass is 9.73. The molecule has 0 saturated heterocycles. The van der Waals surface area contributed by atoms with Gasteiger partial charge in [-0.05, 0) is 55.0 Å². The third-order valence-corrected chi connectivity index (χ3v) is 5.94. The molecule has 0 spiro atoms. The van der Waals surface area contributed by atoms with E-state index in [9.17, 15) is 38.4 Å². The van der Waals surface area contributed by atoms with E-state index in [0.717, 1.165) is 20.4 Å². The molecule has 16 N–H and O–H groups in total. The number of rotatable bonds is 17. The van der Waals surface area contributed by atoms with Crippen LogP contribution in [0.15, 0.2) is 0 Å². The number of nitrogens with two attached hydrogens (primary N) is 6. The maximum atomic E-state index is 13.9. The van der Waals surface area contributed by atoms with Crippen LogP contribution < -0.4 is 55.7 Å². The Morgan fingerprint density at radius 1 is 0.511 bits per heavy atom. The van der Waals surface area contributed by atoms with Crippen molar-refractivity contribution in [3.8, 4) is 0 Å². The molecule has 10 atom stereocenters. The van der Waals surface area contributed by atoms with Crippen LogP contribution in [0.5, 0.6) is 0 Å². The molecule has 47 heavy (non-hydrogen) atoms. The van der Waals surface area contributed by atoms with Crippen LogP contribution in [-0.2, 0) is 38.4 Å². The van der Waals surface area contributed by atoms with Crippen molar-refractivity contribution in [1.29, 1.82) is 0 Å². The molecule has 18 heteroatoms. The Morgan fingerprint density at radius 3 is 0.936 bits per heavy atom. The van der Waals surface area contributed by atoms with E-state index in [2.05, 4.69) is 21.3 Å². The molecule has 0 aliphatic carbocycles. The summed E-state index contributed by atoms with van der Waals surface area (Å²) in [6, 6.07) is -1.34. The Kier molecular flexibility index (Phi) is 25.2. The second kappa shape index (κ2) is 23.6. The van der Waals surface area contributed by atoms with Gasteiger partial charge in [-0.1, -0.05) is 21.8 Å². The second-order valence-corrected chi connectivity index (χ2v) is 10.8. The van der Waals surface area contributed by atoms with Crippen molar-refractivity contribution in [3.05, 3.63) is 0 Å². The standard InChI is InChI=1S/C25H45N9O8.C2H7N.2CH4.3H2/c1-8(19(36)16(23(40)32-12(5)28)15(10(3)35)22(39)31-11(4)27)20(37)17(24(41)33-13(6)29)18(21(38)9(2)26)25(42)34-14(7)30;1-2-3;;;;;/h8-9,11-18H,26-30H2,1-7H3,(H,31,39)(H,32,40)(H,33,41)(H,34,42);2-3H2,1H3;2*1H4;3*1H. The molecule has 4 amide bonds. The minimum Gasteiger partial charge on any atom is -0.341 e. The molecule has 0 fully saturated rings. The monoisotopic (exact) mass is 683 g/mol. The smallest absolute Gasteiger partial charge is 0.233 e. The van der Waals surface area contributed by atoms with Crippen molar-refractivity contribution in [2.45, 2.75) is 101 Å². The molecule has 280 valence electrons. The highest BCUT2D eigenvalue weighted by molar-refractivity contribution is 6.22. The van der Waals surface area contributed by atoms with Gasteiger partial charge in [0, 0.05) is 4.28 Å². The number of nitrogens with one attached hydrogen (secondary N) is 4. The summed E-state index contributed by atoms with van der Waals surface area (Å²) in [5, 5.41) is 8.96. The van der Waals surface area contributed by atoms with Crippen molar-refractivity contribution in [2.24, 2.45) is 64.0 Å². The Morgan fingerprint density at radius 2 is 0.723 bits per heavy atom. The van der Waals surface area contributed by atoms with Crippen LogP contribution in [0.3, 0.4) is 0 Å². The molecule has 0 saturated carbocycles. The summed E-state index contributed by atoms with van der Waals surface area (Å²) in [7, 11) is 0. The van der Waals surface area contributed by atoms with Crippen molar-refractivity contribution in [3.63, 3.8) is 0 Å². The van der Waals surface area contributed by atoms with Crippen LogP contribution >= 0.6 is 0 Å². The topological polar surface area (TPSA) is 341 Å². The fraction of sp³-hybridized carbons (Fsp3) is 0.724. The molecule has 0 aromatic heterocycles. The first-order valence-corrected chi connectivity index (χ1v) is 14.4. The molecule has 0 rings (SSSR count). The number of carbonyl (C=O) groups is 8. The van der Waals surface area contributed by atoms with Gasteiger partial charge in [0.2, 0.25) is 23.6 Å². The third kappa shape index (κ3) is 16.6. The number of carbonyl (C=O) groups excluding carboxylic acids is 8. The molecule has 10 unspecified atom stereocenters. The average molecular weight is 683 g/mol. The van der Waals surface area contributed by atoms with Crippen molar-refractivity contribution in [1.82, 2.24) is 21.3 Å². The highest BCUT2D eigenvalue weighted by Gasteiger charge is 2.50. The molecule has 18 nitrogen and oxygen atoms in total. The first-order valence-electron chi connectivity index (χ1n) is 14.4. The molecular formula is C29H66N10O8. The molecule has 0 aromatic carbocycles. The highest BCUT2D eigenvalue weighted by Crippen LogP contribution is 2.26. The summed E-state index contributed by atoms with van der Waals surface area (Å²) in [6.45, 7) is 11.2. The number of ketones is 4. The van der Waals surface area contributed by atoms with Crippen molar-refractivity contribution >= 4 is 46.8 Å². The molecule has 0 bridgehead atoms. The van der Waals surface area contributed by atoms with Gasteiger partial charge in [0.25, 0.3) is 0 Å². The number of Topliss-reactive ketones (excluding diaryl/α,β-unsaturated/α-hetero) is 4. The van der Waals surface area contributed by atoms with Gasteiger partial charge in [0.15, 0.2) is 17.3 Å². The van der Waals surface area contributed by atoms with Crippen LogP contribution in [-0.4, -0.2) is 84.0 Å². The van der Waals surface area contributed by atoms with E-state index in [1.807, 2.05) is 6.92 Å². The molecule has 0 aliphatic heterocycles. The summed E-state index contributed by atoms with van der Waals surface area (Å²) >= 11 is 0. The minimum absolute atomic E-state index is 0. The van der Waals surface area contributed by atoms with Crippen molar-refractivity contribution in [2.75, 3.05) is 6.54 Å². The first-order chi connectivity index (χ1) is 20.6. The molecule has 0 radical (unpaired) electrons. The van der Waals surface area contributed by atoms with Gasteiger partial charge >= 0.3 is 0 Å². The van der Waals surface area contributed by atoms with Crippen LogP contribution in [0.2, 0.25) is 0 Å². The number of amides is 4. The predicted octanol–water partition coefficient (Wildman–Crippen LogP) is -2.61. The molecular weight excluding hydrogens is 616 g/mol. The molecule has 0 aromatic rings. The summed E-state index contributed by atoms with van der Waals surface area (Å²) < 4.78 is 0. The Hall–Kier alpha value is -3.68. The zero-order chi connectivity index (χ0) is 35.9. The predicted molar refractivity (Wildman–Crippen MR) is 184 cm³/mol. The van der Waals surface area contributed by atoms with E-state index < -0.39 is 107 Å². The summed E-state index contributed by atoms with van der Waals surface area (Å²) in [5.41, 5.74) is 33.0. The Balaban J connectivity index is -0.000000444. The van der Waals surface area contributed by atoms with Gasteiger partial charge in [-0.25, -0.2) is 0 Å². The van der Waals surface area contributed by atoms with Crippen LogP contribution in [0.1, 0.15) is 74.5 Å². The van der Waals surface area contributed by atoms with E-state index in [1.165, 1.54) is 34.6 Å². The average Bonchev–Trinajstić information content (AvgIpc) is 2.86. The maximum absolute atomic E-state index is 13.9. The van der Waals surface area contributed by atoms with Gasteiger partial charge in [-0.15, -0.1) is 0 Å². The normalized spacial score (nSPS) is 16.7. The Labute approximate surface area is 282 Å². The molecule has 0 aliphatic rings. The first kappa shape index (κ1) is 50.2. The fourth-order valence-corrected chi connectivity index (χ4v) is 4.12. The lowest BCUT2D eigenvalue weighted by Gasteiger charge is -2.30. The van der Waals surface area contributed by atoms with Gasteiger partial charge < -0.3 is 55.7 Å². The van der Waals surface area contributed by atoms with Crippen LogP contribution in [0, 0.1) is 29.6 Å². The number of hydrogen-bond acceptors (Lipinski definition) is 14. The minimum atomic E-state index is -2.17. The summed E-state index contributed by atoms with van der Waals surface area (Å²) in [6.07, 6.45) is -4.10. The molecule has 0 heterocycles. The zero-order valence-electron chi connectivity index (χ0n) is 27.2. The van der Waals surface area contributed by atoms with Gasteiger partial charge in [-0.2, -0.15) is 0 Å². The quantitative estimate of drug-likeness (QED) is 0.0555. The van der Waals surface area contributed by atoms with E-state index in [4.69, 9.17) is 34.4 Å².